The van der Waals surface area contributed by atoms with Gasteiger partial charge in [-0.1, -0.05) is 6.07 Å². The van der Waals surface area contributed by atoms with Crippen LogP contribution in [-0.4, -0.2) is 32.8 Å². The van der Waals surface area contributed by atoms with Gasteiger partial charge in [0.15, 0.2) is 6.54 Å². The van der Waals surface area contributed by atoms with Crippen LogP contribution >= 0.6 is 11.3 Å². The molecule has 2 rings (SSSR count). The Kier molecular flexibility index (Phi) is 3.25. The summed E-state index contributed by atoms with van der Waals surface area (Å²) in [5, 5.41) is 13.6. The number of carbonyl (C=O) groups excluding carboxylic acids is 1. The van der Waals surface area contributed by atoms with Gasteiger partial charge < -0.3 is 4.74 Å². The maximum Gasteiger partial charge on any atom is 0.329 e. The predicted octanol–water partition coefficient (Wildman–Crippen LogP) is 0.965. The SMILES string of the molecule is CCOC(=O)Cn1nnc(-c2cccs2)n1. The number of nitrogens with zero attached hydrogens (tertiary/aromatic N) is 4. The molecule has 0 aliphatic rings. The van der Waals surface area contributed by atoms with Crippen LogP contribution in [0.3, 0.4) is 0 Å². The van der Waals surface area contributed by atoms with Crippen molar-refractivity contribution in [3.63, 3.8) is 0 Å². The summed E-state index contributed by atoms with van der Waals surface area (Å²) in [7, 11) is 0. The maximum absolute atomic E-state index is 11.2. The van der Waals surface area contributed by atoms with Gasteiger partial charge in [0.2, 0.25) is 5.82 Å². The molecule has 0 bridgehead atoms. The van der Waals surface area contributed by atoms with Crippen LogP contribution in [0.2, 0.25) is 0 Å². The first kappa shape index (κ1) is 10.7. The highest BCUT2D eigenvalue weighted by atomic mass is 32.1. The average Bonchev–Trinajstić information content (AvgIpc) is 2.86. The van der Waals surface area contributed by atoms with Crippen LogP contribution in [-0.2, 0) is 16.1 Å². The van der Waals surface area contributed by atoms with E-state index in [-0.39, 0.29) is 12.5 Å². The van der Waals surface area contributed by atoms with Gasteiger partial charge in [-0.15, -0.1) is 21.5 Å². The zero-order valence-corrected chi connectivity index (χ0v) is 9.48. The topological polar surface area (TPSA) is 69.9 Å². The second kappa shape index (κ2) is 4.84. The van der Waals surface area contributed by atoms with E-state index in [4.69, 9.17) is 4.74 Å². The number of aromatic nitrogens is 4. The largest absolute Gasteiger partial charge is 0.465 e. The summed E-state index contributed by atoms with van der Waals surface area (Å²) in [6, 6.07) is 3.81. The minimum Gasteiger partial charge on any atom is -0.465 e. The van der Waals surface area contributed by atoms with Crippen LogP contribution in [0.15, 0.2) is 17.5 Å². The molecule has 2 aromatic heterocycles. The lowest BCUT2D eigenvalue weighted by molar-refractivity contribution is -0.144. The van der Waals surface area contributed by atoms with E-state index in [0.717, 1.165) is 4.88 Å². The third-order valence-electron chi connectivity index (χ3n) is 1.77. The molecule has 6 nitrogen and oxygen atoms in total. The number of thiophene rings is 1. The summed E-state index contributed by atoms with van der Waals surface area (Å²) in [5.74, 6) is 0.164. The molecule has 0 aromatic carbocycles. The molecule has 2 heterocycles. The first-order valence-electron chi connectivity index (χ1n) is 4.77. The maximum atomic E-state index is 11.2. The van der Waals surface area contributed by atoms with E-state index in [1.165, 1.54) is 16.1 Å². The number of hydrogen-bond donors (Lipinski definition) is 0. The Morgan fingerprint density at radius 2 is 2.50 bits per heavy atom. The highest BCUT2D eigenvalue weighted by Gasteiger charge is 2.09. The Morgan fingerprint density at radius 1 is 1.62 bits per heavy atom. The molecule has 0 unspecified atom stereocenters. The summed E-state index contributed by atoms with van der Waals surface area (Å²) in [5.41, 5.74) is 0. The smallest absolute Gasteiger partial charge is 0.329 e. The molecule has 0 saturated heterocycles. The van der Waals surface area contributed by atoms with Crippen molar-refractivity contribution in [2.24, 2.45) is 0 Å². The molecule has 0 N–H and O–H groups in total. The molecule has 0 atom stereocenters. The molecule has 2 aromatic rings. The Bertz CT molecular complexity index is 466. The molecule has 0 fully saturated rings. The Labute approximate surface area is 95.8 Å². The van der Waals surface area contributed by atoms with Crippen molar-refractivity contribution < 1.29 is 9.53 Å². The molecular weight excluding hydrogens is 228 g/mol. The molecule has 7 heteroatoms. The molecule has 0 amide bonds. The van der Waals surface area contributed by atoms with Gasteiger partial charge >= 0.3 is 5.97 Å². The van der Waals surface area contributed by atoms with Gasteiger partial charge in [-0.25, -0.2) is 4.79 Å². The van der Waals surface area contributed by atoms with Crippen LogP contribution < -0.4 is 0 Å². The Balaban J connectivity index is 2.06. The summed E-state index contributed by atoms with van der Waals surface area (Å²) >= 11 is 1.52. The van der Waals surface area contributed by atoms with Crippen molar-refractivity contribution in [3.05, 3.63) is 17.5 Å². The van der Waals surface area contributed by atoms with Crippen molar-refractivity contribution in [3.8, 4) is 10.7 Å². The van der Waals surface area contributed by atoms with E-state index in [1.54, 1.807) is 6.92 Å². The third-order valence-corrected chi connectivity index (χ3v) is 2.64. The monoisotopic (exact) mass is 238 g/mol. The second-order valence-corrected chi connectivity index (χ2v) is 3.87. The van der Waals surface area contributed by atoms with Crippen molar-refractivity contribution in [2.45, 2.75) is 13.5 Å². The van der Waals surface area contributed by atoms with Gasteiger partial charge in [0, 0.05) is 0 Å². The van der Waals surface area contributed by atoms with Crippen molar-refractivity contribution in [2.75, 3.05) is 6.61 Å². The van der Waals surface area contributed by atoms with Crippen LogP contribution in [0.5, 0.6) is 0 Å². The van der Waals surface area contributed by atoms with Gasteiger partial charge in [0.1, 0.15) is 0 Å². The average molecular weight is 238 g/mol. The van der Waals surface area contributed by atoms with Crippen LogP contribution in [0.25, 0.3) is 10.7 Å². The lowest BCUT2D eigenvalue weighted by atomic mass is 10.5. The number of ether oxygens (including phenoxy) is 1. The minimum atomic E-state index is -0.363. The highest BCUT2D eigenvalue weighted by molar-refractivity contribution is 7.13. The van der Waals surface area contributed by atoms with Gasteiger partial charge in [-0.05, 0) is 23.6 Å². The highest BCUT2D eigenvalue weighted by Crippen LogP contribution is 2.19. The fourth-order valence-corrected chi connectivity index (χ4v) is 1.78. The van der Waals surface area contributed by atoms with Crippen LogP contribution in [0.1, 0.15) is 6.92 Å². The summed E-state index contributed by atoms with van der Waals surface area (Å²) < 4.78 is 4.78. The van der Waals surface area contributed by atoms with Crippen molar-refractivity contribution in [1.82, 2.24) is 20.2 Å². The first-order chi connectivity index (χ1) is 7.79. The number of esters is 1. The normalized spacial score (nSPS) is 10.3. The number of hydrogen-bond acceptors (Lipinski definition) is 6. The van der Waals surface area contributed by atoms with E-state index in [0.29, 0.717) is 12.4 Å². The summed E-state index contributed by atoms with van der Waals surface area (Å²) in [6.07, 6.45) is 0. The van der Waals surface area contributed by atoms with E-state index in [9.17, 15) is 4.79 Å². The zero-order valence-electron chi connectivity index (χ0n) is 8.66. The summed E-state index contributed by atoms with van der Waals surface area (Å²) in [6.45, 7) is 2.10. The third kappa shape index (κ3) is 2.43. The van der Waals surface area contributed by atoms with E-state index in [2.05, 4.69) is 15.4 Å². The minimum absolute atomic E-state index is 0.00772. The molecule has 0 radical (unpaired) electrons. The molecule has 16 heavy (non-hydrogen) atoms. The van der Waals surface area contributed by atoms with E-state index < -0.39 is 0 Å². The first-order valence-corrected chi connectivity index (χ1v) is 5.65. The number of tetrazole rings is 1. The lowest BCUT2D eigenvalue weighted by Gasteiger charge is -1.98. The van der Waals surface area contributed by atoms with E-state index in [1.807, 2.05) is 17.5 Å². The number of carbonyl (C=O) groups is 1. The Morgan fingerprint density at radius 3 is 3.19 bits per heavy atom. The molecular formula is C9H10N4O2S. The molecule has 0 aliphatic carbocycles. The molecule has 0 aliphatic heterocycles. The van der Waals surface area contributed by atoms with Crippen molar-refractivity contribution >= 4 is 17.3 Å². The number of rotatable bonds is 4. The van der Waals surface area contributed by atoms with Gasteiger partial charge in [0.25, 0.3) is 0 Å². The fourth-order valence-electron chi connectivity index (χ4n) is 1.14. The molecule has 0 saturated carbocycles. The molecule has 0 spiro atoms. The van der Waals surface area contributed by atoms with E-state index >= 15 is 0 Å². The van der Waals surface area contributed by atoms with Crippen LogP contribution in [0, 0.1) is 0 Å². The van der Waals surface area contributed by atoms with Gasteiger partial charge in [-0.2, -0.15) is 4.80 Å². The quantitative estimate of drug-likeness (QED) is 0.742. The lowest BCUT2D eigenvalue weighted by Crippen LogP contribution is -2.15. The fraction of sp³-hybridized carbons (Fsp3) is 0.333. The van der Waals surface area contributed by atoms with Gasteiger partial charge in [-0.3, -0.25) is 0 Å². The van der Waals surface area contributed by atoms with Crippen molar-refractivity contribution in [1.29, 1.82) is 0 Å². The second-order valence-electron chi connectivity index (χ2n) is 2.93. The van der Waals surface area contributed by atoms with Gasteiger partial charge in [0.05, 0.1) is 11.5 Å². The van der Waals surface area contributed by atoms with Crippen LogP contribution in [0.4, 0.5) is 0 Å². The zero-order chi connectivity index (χ0) is 11.4. The predicted molar refractivity (Wildman–Crippen MR) is 57.8 cm³/mol. The molecule has 84 valence electrons. The standard InChI is InChI=1S/C9H10N4O2S/c1-2-15-8(14)6-13-11-9(10-12-13)7-4-3-5-16-7/h3-5H,2,6H2,1H3. The Hall–Kier alpha value is -1.76. The summed E-state index contributed by atoms with van der Waals surface area (Å²) in [4.78, 5) is 13.3.